The molecule has 0 saturated carbocycles. The standard InChI is InChI=1S/C15H13NO4S/c1-12-7-9-14(10-8-12)21(19,20)11-15(16(17)18)13-5-3-2-4-6-13/h2-11H,1H3. The van der Waals surface area contributed by atoms with Gasteiger partial charge in [0.2, 0.25) is 9.84 Å². The largest absolute Gasteiger partial charge is 0.288 e. The molecule has 0 aliphatic heterocycles. The average molecular weight is 303 g/mol. The quantitative estimate of drug-likeness (QED) is 0.642. The zero-order valence-corrected chi connectivity index (χ0v) is 12.1. The lowest BCUT2D eigenvalue weighted by molar-refractivity contribution is -0.375. The normalized spacial score (nSPS) is 12.1. The van der Waals surface area contributed by atoms with Gasteiger partial charge in [-0.3, -0.25) is 10.1 Å². The molecule has 0 aliphatic carbocycles. The van der Waals surface area contributed by atoms with Crippen LogP contribution in [-0.2, 0) is 9.84 Å². The van der Waals surface area contributed by atoms with E-state index in [-0.39, 0.29) is 10.5 Å². The Bertz CT molecular complexity index is 778. The van der Waals surface area contributed by atoms with Gasteiger partial charge in [-0.15, -0.1) is 0 Å². The number of sulfone groups is 1. The van der Waals surface area contributed by atoms with Crippen molar-refractivity contribution >= 4 is 15.5 Å². The maximum absolute atomic E-state index is 12.3. The van der Waals surface area contributed by atoms with Gasteiger partial charge in [0.1, 0.15) is 5.41 Å². The summed E-state index contributed by atoms with van der Waals surface area (Å²) in [7, 11) is -3.87. The predicted molar refractivity (Wildman–Crippen MR) is 79.8 cm³/mol. The van der Waals surface area contributed by atoms with Crippen molar-refractivity contribution in [2.45, 2.75) is 11.8 Å². The first-order valence-corrected chi connectivity index (χ1v) is 7.68. The van der Waals surface area contributed by atoms with Crippen molar-refractivity contribution in [1.82, 2.24) is 0 Å². The minimum atomic E-state index is -3.87. The van der Waals surface area contributed by atoms with Crippen LogP contribution in [0.2, 0.25) is 0 Å². The van der Waals surface area contributed by atoms with Crippen molar-refractivity contribution in [3.63, 3.8) is 0 Å². The van der Waals surface area contributed by atoms with E-state index in [9.17, 15) is 18.5 Å². The van der Waals surface area contributed by atoms with Crippen LogP contribution in [0.4, 0.5) is 0 Å². The molecule has 0 heterocycles. The second-order valence-electron chi connectivity index (χ2n) is 4.48. The third-order valence-corrected chi connectivity index (χ3v) is 4.35. The molecular formula is C15H13NO4S. The van der Waals surface area contributed by atoms with Crippen LogP contribution >= 0.6 is 0 Å². The average Bonchev–Trinajstić information content (AvgIpc) is 2.46. The van der Waals surface area contributed by atoms with Crippen LogP contribution in [-0.4, -0.2) is 13.3 Å². The van der Waals surface area contributed by atoms with E-state index < -0.39 is 20.5 Å². The lowest BCUT2D eigenvalue weighted by Gasteiger charge is -2.02. The zero-order chi connectivity index (χ0) is 15.5. The number of rotatable bonds is 4. The fourth-order valence-electron chi connectivity index (χ4n) is 1.77. The van der Waals surface area contributed by atoms with Gasteiger partial charge in [-0.2, -0.15) is 0 Å². The molecule has 0 fully saturated rings. The van der Waals surface area contributed by atoms with Crippen LogP contribution in [0.25, 0.3) is 5.70 Å². The first-order chi connectivity index (χ1) is 9.90. The van der Waals surface area contributed by atoms with E-state index in [0.717, 1.165) is 5.56 Å². The smallest absolute Gasteiger partial charge is 0.258 e. The highest BCUT2D eigenvalue weighted by molar-refractivity contribution is 7.94. The molecule has 0 N–H and O–H groups in total. The summed E-state index contributed by atoms with van der Waals surface area (Å²) in [4.78, 5) is 10.5. The van der Waals surface area contributed by atoms with Gasteiger partial charge in [0.25, 0.3) is 5.70 Å². The van der Waals surface area contributed by atoms with Crippen molar-refractivity contribution in [2.75, 3.05) is 0 Å². The Labute approximate surface area is 122 Å². The summed E-state index contributed by atoms with van der Waals surface area (Å²) in [5, 5.41) is 11.8. The molecule has 0 amide bonds. The van der Waals surface area contributed by atoms with E-state index in [1.165, 1.54) is 24.3 Å². The maximum Gasteiger partial charge on any atom is 0.288 e. The number of nitrogens with zero attached hydrogens (tertiary/aromatic N) is 1. The molecule has 0 aromatic heterocycles. The molecule has 0 unspecified atom stereocenters. The second-order valence-corrected chi connectivity index (χ2v) is 6.28. The molecule has 0 aliphatic rings. The number of hydrogen-bond acceptors (Lipinski definition) is 4. The fourth-order valence-corrected chi connectivity index (χ4v) is 2.94. The Morgan fingerprint density at radius 3 is 2.14 bits per heavy atom. The molecule has 0 atom stereocenters. The highest BCUT2D eigenvalue weighted by Gasteiger charge is 2.21. The number of nitro groups is 1. The van der Waals surface area contributed by atoms with Crippen molar-refractivity contribution in [1.29, 1.82) is 0 Å². The van der Waals surface area contributed by atoms with Crippen LogP contribution in [0, 0.1) is 17.0 Å². The summed E-state index contributed by atoms with van der Waals surface area (Å²) >= 11 is 0. The van der Waals surface area contributed by atoms with Crippen LogP contribution in [0.1, 0.15) is 11.1 Å². The highest BCUT2D eigenvalue weighted by atomic mass is 32.2. The molecule has 0 saturated heterocycles. The van der Waals surface area contributed by atoms with Gasteiger partial charge in [0, 0.05) is 0 Å². The van der Waals surface area contributed by atoms with Crippen LogP contribution in [0.3, 0.4) is 0 Å². The Balaban J connectivity index is 2.52. The van der Waals surface area contributed by atoms with Crippen LogP contribution in [0.5, 0.6) is 0 Å². The number of aryl methyl sites for hydroxylation is 1. The first-order valence-electron chi connectivity index (χ1n) is 6.13. The molecule has 21 heavy (non-hydrogen) atoms. The number of benzene rings is 2. The zero-order valence-electron chi connectivity index (χ0n) is 11.3. The number of hydrogen-bond donors (Lipinski definition) is 0. The minimum Gasteiger partial charge on any atom is -0.258 e. The van der Waals surface area contributed by atoms with Crippen LogP contribution in [0.15, 0.2) is 64.9 Å². The molecule has 108 valence electrons. The summed E-state index contributed by atoms with van der Waals surface area (Å²) in [6, 6.07) is 14.1. The Kier molecular flexibility index (Phi) is 4.18. The van der Waals surface area contributed by atoms with Gasteiger partial charge in [0.05, 0.1) is 15.4 Å². The molecule has 0 radical (unpaired) electrons. The highest BCUT2D eigenvalue weighted by Crippen LogP contribution is 2.20. The molecule has 0 bridgehead atoms. The molecule has 6 heteroatoms. The maximum atomic E-state index is 12.3. The van der Waals surface area contributed by atoms with E-state index in [2.05, 4.69) is 0 Å². The Morgan fingerprint density at radius 1 is 1.05 bits per heavy atom. The molecule has 0 spiro atoms. The third-order valence-electron chi connectivity index (χ3n) is 2.88. The molecule has 2 aromatic carbocycles. The summed E-state index contributed by atoms with van der Waals surface area (Å²) < 4.78 is 24.5. The van der Waals surface area contributed by atoms with E-state index >= 15 is 0 Å². The van der Waals surface area contributed by atoms with Gasteiger partial charge >= 0.3 is 0 Å². The molecular weight excluding hydrogens is 290 g/mol. The lowest BCUT2D eigenvalue weighted by atomic mass is 10.2. The Hall–Kier alpha value is -2.47. The van der Waals surface area contributed by atoms with Gasteiger partial charge in [-0.25, -0.2) is 8.42 Å². The van der Waals surface area contributed by atoms with E-state index in [4.69, 9.17) is 0 Å². The molecule has 5 nitrogen and oxygen atoms in total. The van der Waals surface area contributed by atoms with Crippen molar-refractivity contribution in [3.05, 3.63) is 81.2 Å². The van der Waals surface area contributed by atoms with E-state index in [1.807, 2.05) is 6.92 Å². The predicted octanol–water partition coefficient (Wildman–Crippen LogP) is 3.04. The molecule has 2 rings (SSSR count). The van der Waals surface area contributed by atoms with Gasteiger partial charge < -0.3 is 0 Å². The van der Waals surface area contributed by atoms with E-state index in [1.54, 1.807) is 30.3 Å². The summed E-state index contributed by atoms with van der Waals surface area (Å²) in [6.07, 6.45) is 0. The van der Waals surface area contributed by atoms with Crippen molar-refractivity contribution in [3.8, 4) is 0 Å². The van der Waals surface area contributed by atoms with Crippen molar-refractivity contribution in [2.24, 2.45) is 0 Å². The fraction of sp³-hybridized carbons (Fsp3) is 0.0667. The third kappa shape index (κ3) is 3.55. The van der Waals surface area contributed by atoms with Gasteiger partial charge in [-0.1, -0.05) is 35.9 Å². The summed E-state index contributed by atoms with van der Waals surface area (Å²) in [5.41, 5.74) is 0.713. The second kappa shape index (κ2) is 5.88. The first kappa shape index (κ1) is 14.9. The summed E-state index contributed by atoms with van der Waals surface area (Å²) in [6.45, 7) is 1.83. The molecule has 2 aromatic rings. The summed E-state index contributed by atoms with van der Waals surface area (Å²) in [5.74, 6) is 0. The van der Waals surface area contributed by atoms with Gasteiger partial charge in [0.15, 0.2) is 0 Å². The minimum absolute atomic E-state index is 0.0309. The van der Waals surface area contributed by atoms with Crippen molar-refractivity contribution < 1.29 is 13.3 Å². The topological polar surface area (TPSA) is 77.3 Å². The van der Waals surface area contributed by atoms with Crippen LogP contribution < -0.4 is 0 Å². The lowest BCUT2D eigenvalue weighted by Crippen LogP contribution is -2.04. The SMILES string of the molecule is Cc1ccc(S(=O)(=O)C=C(c2ccccc2)[N+](=O)[O-])cc1. The van der Waals surface area contributed by atoms with Gasteiger partial charge in [-0.05, 0) is 31.2 Å². The monoisotopic (exact) mass is 303 g/mol. The van der Waals surface area contributed by atoms with E-state index in [0.29, 0.717) is 5.41 Å². The Morgan fingerprint density at radius 2 is 1.62 bits per heavy atom.